The summed E-state index contributed by atoms with van der Waals surface area (Å²) in [5, 5.41) is 0. The standard InChI is InChI=1S/C10H16O.C10H18/c1-9-4-3-5-10(2,7-9)8(11)6-9;1-9-5-3-7-10(9,2)8-4-6-9/h3-7H2,1-2H3;3-8H2,1-2H3. The van der Waals surface area contributed by atoms with Crippen LogP contribution >= 0.6 is 0 Å². The maximum absolute atomic E-state index is 11.6. The van der Waals surface area contributed by atoms with Crippen molar-refractivity contribution >= 4 is 5.78 Å². The number of rotatable bonds is 0. The van der Waals surface area contributed by atoms with Crippen molar-refractivity contribution in [3.05, 3.63) is 0 Å². The Bertz CT molecular complexity index is 411. The van der Waals surface area contributed by atoms with E-state index in [4.69, 9.17) is 0 Å². The highest BCUT2D eigenvalue weighted by atomic mass is 16.1. The molecule has 0 aromatic rings. The molecular weight excluding hydrogens is 256 g/mol. The number of carbonyl (C=O) groups is 1. The van der Waals surface area contributed by atoms with Crippen LogP contribution < -0.4 is 0 Å². The SMILES string of the molecule is CC12CCCC(C)(C1)C(=O)C2.CC12CCCC1(C)CCC2. The van der Waals surface area contributed by atoms with E-state index in [1.54, 1.807) is 0 Å². The molecule has 2 bridgehead atoms. The molecule has 0 aromatic heterocycles. The number of ketones is 1. The van der Waals surface area contributed by atoms with E-state index in [9.17, 15) is 4.79 Å². The van der Waals surface area contributed by atoms with Gasteiger partial charge in [0, 0.05) is 11.8 Å². The molecule has 1 nitrogen and oxygen atoms in total. The molecule has 2 unspecified atom stereocenters. The second-order valence-corrected chi connectivity index (χ2v) is 9.83. The first kappa shape index (κ1) is 15.6. The van der Waals surface area contributed by atoms with Gasteiger partial charge in [-0.3, -0.25) is 4.79 Å². The van der Waals surface area contributed by atoms with Crippen LogP contribution in [-0.2, 0) is 4.79 Å². The number of hydrogen-bond donors (Lipinski definition) is 0. The predicted molar refractivity (Wildman–Crippen MR) is 88.2 cm³/mol. The summed E-state index contributed by atoms with van der Waals surface area (Å²) < 4.78 is 0. The Hall–Kier alpha value is -0.330. The second kappa shape index (κ2) is 4.83. The molecule has 0 heterocycles. The highest BCUT2D eigenvalue weighted by Crippen LogP contribution is 2.62. The first-order chi connectivity index (χ1) is 9.71. The number of hydrogen-bond acceptors (Lipinski definition) is 1. The second-order valence-electron chi connectivity index (χ2n) is 9.83. The van der Waals surface area contributed by atoms with E-state index >= 15 is 0 Å². The Morgan fingerprint density at radius 1 is 0.714 bits per heavy atom. The summed E-state index contributed by atoms with van der Waals surface area (Å²) in [6, 6.07) is 0. The summed E-state index contributed by atoms with van der Waals surface area (Å²) in [6.07, 6.45) is 14.7. The maximum atomic E-state index is 11.6. The molecule has 2 atom stereocenters. The lowest BCUT2D eigenvalue weighted by molar-refractivity contribution is -0.125. The van der Waals surface area contributed by atoms with Gasteiger partial charge in [0.05, 0.1) is 0 Å². The van der Waals surface area contributed by atoms with Crippen LogP contribution in [0.5, 0.6) is 0 Å². The molecule has 0 aromatic carbocycles. The van der Waals surface area contributed by atoms with E-state index in [2.05, 4.69) is 27.7 Å². The first-order valence-corrected chi connectivity index (χ1v) is 9.24. The van der Waals surface area contributed by atoms with Gasteiger partial charge in [0.15, 0.2) is 0 Å². The van der Waals surface area contributed by atoms with Gasteiger partial charge in [-0.1, -0.05) is 47.0 Å². The fourth-order valence-corrected chi connectivity index (χ4v) is 6.21. The van der Waals surface area contributed by atoms with Crippen LogP contribution in [0.4, 0.5) is 0 Å². The average molecular weight is 290 g/mol. The number of carbonyl (C=O) groups excluding carboxylic acids is 1. The van der Waals surface area contributed by atoms with Gasteiger partial charge in [-0.25, -0.2) is 0 Å². The van der Waals surface area contributed by atoms with E-state index in [1.807, 2.05) is 0 Å². The summed E-state index contributed by atoms with van der Waals surface area (Å²) in [4.78, 5) is 11.6. The summed E-state index contributed by atoms with van der Waals surface area (Å²) in [5.74, 6) is 0.525. The summed E-state index contributed by atoms with van der Waals surface area (Å²) in [5.41, 5.74) is 1.94. The minimum atomic E-state index is 0.0764. The number of Topliss-reactive ketones (excluding diaryl/α,β-unsaturated/α-hetero) is 1. The third-order valence-electron chi connectivity index (χ3n) is 7.96. The molecule has 4 aliphatic rings. The van der Waals surface area contributed by atoms with Crippen molar-refractivity contribution in [2.75, 3.05) is 0 Å². The van der Waals surface area contributed by atoms with Crippen LogP contribution in [0.3, 0.4) is 0 Å². The lowest BCUT2D eigenvalue weighted by Gasteiger charge is -2.34. The Labute approximate surface area is 131 Å². The molecule has 120 valence electrons. The Morgan fingerprint density at radius 2 is 1.19 bits per heavy atom. The quantitative estimate of drug-likeness (QED) is 0.542. The van der Waals surface area contributed by atoms with Gasteiger partial charge in [0.2, 0.25) is 0 Å². The smallest absolute Gasteiger partial charge is 0.139 e. The molecule has 4 aliphatic carbocycles. The zero-order valence-corrected chi connectivity index (χ0v) is 14.7. The first-order valence-electron chi connectivity index (χ1n) is 9.24. The molecule has 0 radical (unpaired) electrons. The van der Waals surface area contributed by atoms with Gasteiger partial charge in [0.1, 0.15) is 5.78 Å². The topological polar surface area (TPSA) is 17.1 Å². The third kappa shape index (κ3) is 2.49. The summed E-state index contributed by atoms with van der Waals surface area (Å²) in [7, 11) is 0. The summed E-state index contributed by atoms with van der Waals surface area (Å²) >= 11 is 0. The lowest BCUT2D eigenvalue weighted by atomic mass is 9.71. The molecule has 0 N–H and O–H groups in total. The van der Waals surface area contributed by atoms with Crippen LogP contribution in [0.2, 0.25) is 0 Å². The molecule has 4 rings (SSSR count). The highest BCUT2D eigenvalue weighted by Gasteiger charge is 2.52. The monoisotopic (exact) mass is 290 g/mol. The maximum Gasteiger partial charge on any atom is 0.139 e. The fourth-order valence-electron chi connectivity index (χ4n) is 6.21. The average Bonchev–Trinajstić information content (AvgIpc) is 2.85. The van der Waals surface area contributed by atoms with Crippen molar-refractivity contribution in [3.63, 3.8) is 0 Å². The van der Waals surface area contributed by atoms with Gasteiger partial charge in [-0.2, -0.15) is 0 Å². The molecular formula is C20H34O. The van der Waals surface area contributed by atoms with Crippen LogP contribution in [-0.4, -0.2) is 5.78 Å². The van der Waals surface area contributed by atoms with Gasteiger partial charge in [-0.15, -0.1) is 0 Å². The molecule has 0 saturated heterocycles. The molecule has 0 spiro atoms. The van der Waals surface area contributed by atoms with Crippen LogP contribution in [0.25, 0.3) is 0 Å². The molecule has 1 heteroatoms. The number of fused-ring (bicyclic) bond motifs is 3. The fraction of sp³-hybridized carbons (Fsp3) is 0.950. The van der Waals surface area contributed by atoms with Crippen LogP contribution in [0.15, 0.2) is 0 Å². The summed E-state index contributed by atoms with van der Waals surface area (Å²) in [6.45, 7) is 9.44. The highest BCUT2D eigenvalue weighted by molar-refractivity contribution is 5.87. The largest absolute Gasteiger partial charge is 0.299 e. The third-order valence-corrected chi connectivity index (χ3v) is 7.96. The zero-order valence-electron chi connectivity index (χ0n) is 14.7. The van der Waals surface area contributed by atoms with E-state index < -0.39 is 0 Å². The Balaban J connectivity index is 0.000000126. The van der Waals surface area contributed by atoms with Gasteiger partial charge in [-0.05, 0) is 61.2 Å². The zero-order chi connectivity index (χ0) is 15.4. The predicted octanol–water partition coefficient (Wildman–Crippen LogP) is 5.91. The molecule has 0 aliphatic heterocycles. The molecule has 0 amide bonds. The van der Waals surface area contributed by atoms with Crippen molar-refractivity contribution < 1.29 is 4.79 Å². The van der Waals surface area contributed by atoms with Gasteiger partial charge < -0.3 is 0 Å². The Kier molecular flexibility index (Phi) is 3.58. The molecule has 4 saturated carbocycles. The minimum absolute atomic E-state index is 0.0764. The van der Waals surface area contributed by atoms with E-state index in [-0.39, 0.29) is 5.41 Å². The normalized spacial score (nSPS) is 51.5. The van der Waals surface area contributed by atoms with E-state index in [0.29, 0.717) is 11.2 Å². The van der Waals surface area contributed by atoms with Gasteiger partial charge in [0.25, 0.3) is 0 Å². The van der Waals surface area contributed by atoms with E-state index in [0.717, 1.165) is 30.1 Å². The Morgan fingerprint density at radius 3 is 1.62 bits per heavy atom. The van der Waals surface area contributed by atoms with Crippen LogP contribution in [0.1, 0.15) is 98.3 Å². The lowest BCUT2D eigenvalue weighted by Crippen LogP contribution is -2.25. The van der Waals surface area contributed by atoms with Crippen molar-refractivity contribution in [1.29, 1.82) is 0 Å². The van der Waals surface area contributed by atoms with Crippen molar-refractivity contribution in [2.45, 2.75) is 98.3 Å². The minimum Gasteiger partial charge on any atom is -0.299 e. The van der Waals surface area contributed by atoms with Crippen molar-refractivity contribution in [1.82, 2.24) is 0 Å². The van der Waals surface area contributed by atoms with Crippen LogP contribution in [0, 0.1) is 21.7 Å². The van der Waals surface area contributed by atoms with E-state index in [1.165, 1.54) is 51.4 Å². The molecule has 4 fully saturated rings. The molecule has 21 heavy (non-hydrogen) atoms. The van der Waals surface area contributed by atoms with Gasteiger partial charge >= 0.3 is 0 Å². The van der Waals surface area contributed by atoms with Crippen molar-refractivity contribution in [2.24, 2.45) is 21.7 Å². The van der Waals surface area contributed by atoms with Crippen molar-refractivity contribution in [3.8, 4) is 0 Å².